The second kappa shape index (κ2) is 11.8. The molecule has 25 heavy (non-hydrogen) atoms. The molecule has 0 saturated carbocycles. The number of carbonyl (C=O) groups is 2. The van der Waals surface area contributed by atoms with E-state index >= 15 is 0 Å². The van der Waals surface area contributed by atoms with Crippen LogP contribution in [-0.2, 0) is 16.0 Å². The molecule has 0 aromatic heterocycles. The maximum absolute atomic E-state index is 9.55. The third-order valence-electron chi connectivity index (χ3n) is 3.22. The fourth-order valence-corrected chi connectivity index (χ4v) is 2.25. The van der Waals surface area contributed by atoms with E-state index in [1.807, 2.05) is 24.3 Å². The van der Waals surface area contributed by atoms with Crippen LogP contribution in [0.2, 0.25) is 5.02 Å². The monoisotopic (exact) mass is 363 g/mol. The molecule has 0 aliphatic heterocycles. The van der Waals surface area contributed by atoms with Crippen LogP contribution >= 0.6 is 11.6 Å². The molecule has 1 atom stereocenters. The van der Waals surface area contributed by atoms with Gasteiger partial charge >= 0.3 is 11.9 Å². The van der Waals surface area contributed by atoms with E-state index < -0.39 is 11.9 Å². The summed E-state index contributed by atoms with van der Waals surface area (Å²) in [5.41, 5.74) is 2.59. The van der Waals surface area contributed by atoms with Crippen molar-refractivity contribution in [3.63, 3.8) is 0 Å². The van der Waals surface area contributed by atoms with Gasteiger partial charge in [0.2, 0.25) is 0 Å². The van der Waals surface area contributed by atoms with Gasteiger partial charge < -0.3 is 16.4 Å². The van der Waals surface area contributed by atoms with Crippen molar-refractivity contribution in [2.45, 2.75) is 19.3 Å². The largest absolute Gasteiger partial charge is 0.478 e. The lowest BCUT2D eigenvalue weighted by molar-refractivity contribution is -0.134. The van der Waals surface area contributed by atoms with Gasteiger partial charge in [0.1, 0.15) is 0 Å². The SMILES string of the molecule is CC(Cc1ccccc1Cl)c1ccccc1.N.O=C(O)C=CC(=O)O. The van der Waals surface area contributed by atoms with Crippen LogP contribution in [-0.4, -0.2) is 22.2 Å². The van der Waals surface area contributed by atoms with Crippen LogP contribution in [0.1, 0.15) is 24.0 Å². The smallest absolute Gasteiger partial charge is 0.328 e. The lowest BCUT2D eigenvalue weighted by atomic mass is 9.94. The van der Waals surface area contributed by atoms with Crippen LogP contribution in [0, 0.1) is 0 Å². The third-order valence-corrected chi connectivity index (χ3v) is 3.59. The van der Waals surface area contributed by atoms with Gasteiger partial charge in [0.15, 0.2) is 0 Å². The Morgan fingerprint density at radius 3 is 1.92 bits per heavy atom. The van der Waals surface area contributed by atoms with Crippen molar-refractivity contribution in [2.24, 2.45) is 0 Å². The van der Waals surface area contributed by atoms with Gasteiger partial charge in [-0.3, -0.25) is 0 Å². The first-order chi connectivity index (χ1) is 11.4. The van der Waals surface area contributed by atoms with Crippen molar-refractivity contribution in [2.75, 3.05) is 0 Å². The first-order valence-corrected chi connectivity index (χ1v) is 7.70. The van der Waals surface area contributed by atoms with Gasteiger partial charge in [-0.15, -0.1) is 0 Å². The molecule has 0 fully saturated rings. The van der Waals surface area contributed by atoms with E-state index in [2.05, 4.69) is 37.3 Å². The molecule has 5 nitrogen and oxygen atoms in total. The second-order valence-corrected chi connectivity index (χ2v) is 5.52. The van der Waals surface area contributed by atoms with Crippen LogP contribution in [0.15, 0.2) is 66.7 Å². The van der Waals surface area contributed by atoms with E-state index in [1.54, 1.807) is 0 Å². The number of benzene rings is 2. The molecule has 134 valence electrons. The molecule has 0 aliphatic carbocycles. The quantitative estimate of drug-likeness (QED) is 0.674. The van der Waals surface area contributed by atoms with Gasteiger partial charge in [0, 0.05) is 17.2 Å². The van der Waals surface area contributed by atoms with E-state index in [0.717, 1.165) is 11.4 Å². The highest BCUT2D eigenvalue weighted by Crippen LogP contribution is 2.24. The molecule has 2 aromatic rings. The number of hydrogen-bond donors (Lipinski definition) is 3. The molecule has 0 amide bonds. The summed E-state index contributed by atoms with van der Waals surface area (Å²) in [6.07, 6.45) is 2.11. The molecular weight excluding hydrogens is 342 g/mol. The Kier molecular flexibility index (Phi) is 10.6. The average molecular weight is 364 g/mol. The van der Waals surface area contributed by atoms with Crippen molar-refractivity contribution in [3.8, 4) is 0 Å². The molecule has 0 heterocycles. The number of halogens is 1. The van der Waals surface area contributed by atoms with E-state index in [9.17, 15) is 9.59 Å². The summed E-state index contributed by atoms with van der Waals surface area (Å²) in [4.78, 5) is 19.1. The number of rotatable bonds is 5. The highest BCUT2D eigenvalue weighted by atomic mass is 35.5. The molecule has 0 bridgehead atoms. The number of hydrogen-bond acceptors (Lipinski definition) is 3. The van der Waals surface area contributed by atoms with Crippen molar-refractivity contribution >= 4 is 23.5 Å². The second-order valence-electron chi connectivity index (χ2n) is 5.12. The van der Waals surface area contributed by atoms with Crippen molar-refractivity contribution < 1.29 is 19.8 Å². The zero-order chi connectivity index (χ0) is 17.9. The highest BCUT2D eigenvalue weighted by molar-refractivity contribution is 6.31. The minimum absolute atomic E-state index is 0. The van der Waals surface area contributed by atoms with E-state index in [-0.39, 0.29) is 6.15 Å². The summed E-state index contributed by atoms with van der Waals surface area (Å²) in [7, 11) is 0. The molecule has 2 aromatic carbocycles. The average Bonchev–Trinajstić information content (AvgIpc) is 2.56. The fraction of sp³-hybridized carbons (Fsp3) is 0.158. The summed E-state index contributed by atoms with van der Waals surface area (Å²) in [5.74, 6) is -2.01. The van der Waals surface area contributed by atoms with E-state index in [0.29, 0.717) is 18.1 Å². The minimum atomic E-state index is -1.26. The molecule has 1 unspecified atom stereocenters. The van der Waals surface area contributed by atoms with Gasteiger partial charge in [-0.2, -0.15) is 0 Å². The van der Waals surface area contributed by atoms with Gasteiger partial charge in [-0.25, -0.2) is 9.59 Å². The van der Waals surface area contributed by atoms with Gasteiger partial charge in [-0.1, -0.05) is 67.1 Å². The molecular formula is C19H22ClNO4. The number of carboxylic acid groups (broad SMARTS) is 2. The summed E-state index contributed by atoms with van der Waals surface area (Å²) < 4.78 is 0. The molecule has 0 aliphatic rings. The van der Waals surface area contributed by atoms with Crippen LogP contribution in [0.4, 0.5) is 0 Å². The standard InChI is InChI=1S/C15H15Cl.C4H4O4.H3N/c1-12(13-7-3-2-4-8-13)11-14-9-5-6-10-15(14)16;5-3(6)1-2-4(7)8;/h2-10,12H,11H2,1H3;1-2H,(H,5,6)(H,7,8);1H3. The molecule has 0 radical (unpaired) electrons. The summed E-state index contributed by atoms with van der Waals surface area (Å²) in [6, 6.07) is 18.6. The Balaban J connectivity index is 0.000000552. The third kappa shape index (κ3) is 9.30. The predicted molar refractivity (Wildman–Crippen MR) is 99.4 cm³/mol. The van der Waals surface area contributed by atoms with Gasteiger partial charge in [0.25, 0.3) is 0 Å². The molecule has 2 rings (SSSR count). The zero-order valence-corrected chi connectivity index (χ0v) is 14.7. The maximum Gasteiger partial charge on any atom is 0.328 e. The minimum Gasteiger partial charge on any atom is -0.478 e. The molecule has 6 heteroatoms. The van der Waals surface area contributed by atoms with E-state index in [1.165, 1.54) is 11.1 Å². The molecule has 5 N–H and O–H groups in total. The highest BCUT2D eigenvalue weighted by Gasteiger charge is 2.07. The van der Waals surface area contributed by atoms with Crippen LogP contribution < -0.4 is 6.15 Å². The Hall–Kier alpha value is -2.63. The normalized spacial score (nSPS) is 11.0. The predicted octanol–water partition coefficient (Wildman–Crippen LogP) is 4.56. The van der Waals surface area contributed by atoms with Gasteiger partial charge in [-0.05, 0) is 29.5 Å². The summed E-state index contributed by atoms with van der Waals surface area (Å²) >= 11 is 6.16. The Morgan fingerprint density at radius 2 is 1.44 bits per heavy atom. The lowest BCUT2D eigenvalue weighted by Gasteiger charge is -2.12. The topological polar surface area (TPSA) is 110 Å². The number of carboxylic acids is 2. The fourth-order valence-electron chi connectivity index (χ4n) is 2.04. The van der Waals surface area contributed by atoms with Crippen molar-refractivity contribution in [1.82, 2.24) is 6.15 Å². The summed E-state index contributed by atoms with van der Waals surface area (Å²) in [5, 5.41) is 16.5. The van der Waals surface area contributed by atoms with Crippen molar-refractivity contribution in [3.05, 3.63) is 82.9 Å². The zero-order valence-electron chi connectivity index (χ0n) is 13.9. The van der Waals surface area contributed by atoms with E-state index in [4.69, 9.17) is 21.8 Å². The Bertz CT molecular complexity index is 686. The Morgan fingerprint density at radius 1 is 0.960 bits per heavy atom. The van der Waals surface area contributed by atoms with Crippen molar-refractivity contribution in [1.29, 1.82) is 0 Å². The van der Waals surface area contributed by atoms with Crippen LogP contribution in [0.25, 0.3) is 0 Å². The van der Waals surface area contributed by atoms with Crippen LogP contribution in [0.5, 0.6) is 0 Å². The Labute approximate surface area is 152 Å². The first kappa shape index (κ1) is 22.4. The first-order valence-electron chi connectivity index (χ1n) is 7.32. The number of aliphatic carboxylic acids is 2. The summed E-state index contributed by atoms with van der Waals surface area (Å²) in [6.45, 7) is 2.23. The van der Waals surface area contributed by atoms with Gasteiger partial charge in [0.05, 0.1) is 0 Å². The molecule has 0 spiro atoms. The van der Waals surface area contributed by atoms with Crippen LogP contribution in [0.3, 0.4) is 0 Å². The maximum atomic E-state index is 9.55. The molecule has 0 saturated heterocycles. The lowest BCUT2D eigenvalue weighted by Crippen LogP contribution is -1.98.